The van der Waals surface area contributed by atoms with E-state index in [1.54, 1.807) is 0 Å². The summed E-state index contributed by atoms with van der Waals surface area (Å²) in [6.45, 7) is 0. The van der Waals surface area contributed by atoms with Crippen molar-refractivity contribution >= 4 is 44.8 Å². The van der Waals surface area contributed by atoms with Crippen LogP contribution in [0.25, 0.3) is 0 Å². The molecule has 0 bridgehead atoms. The quantitative estimate of drug-likeness (QED) is 0.822. The summed E-state index contributed by atoms with van der Waals surface area (Å²) in [7, 11) is 0. The van der Waals surface area contributed by atoms with Crippen molar-refractivity contribution in [3.05, 3.63) is 20.8 Å². The fourth-order valence-corrected chi connectivity index (χ4v) is 3.79. The standard InChI is InChI=1S/C12H15BrClNOS/c13-10-7-6-9(17-10)11(14)12(16)15-8-4-2-1-3-5-8/h6-8,11H,1-5H2,(H,15,16). The number of carbonyl (C=O) groups is 1. The van der Waals surface area contributed by atoms with Gasteiger partial charge in [-0.15, -0.1) is 22.9 Å². The zero-order valence-corrected chi connectivity index (χ0v) is 12.6. The highest BCUT2D eigenvalue weighted by Gasteiger charge is 2.23. The van der Waals surface area contributed by atoms with Crippen LogP contribution in [0, 0.1) is 0 Å². The zero-order valence-electron chi connectivity index (χ0n) is 9.42. The van der Waals surface area contributed by atoms with E-state index in [9.17, 15) is 4.79 Å². The molecule has 0 saturated heterocycles. The number of hydrogen-bond donors (Lipinski definition) is 1. The first-order valence-electron chi connectivity index (χ1n) is 5.86. The summed E-state index contributed by atoms with van der Waals surface area (Å²) in [4.78, 5) is 12.9. The first kappa shape index (κ1) is 13.4. The highest BCUT2D eigenvalue weighted by Crippen LogP contribution is 2.31. The van der Waals surface area contributed by atoms with Crippen molar-refractivity contribution < 1.29 is 4.79 Å². The van der Waals surface area contributed by atoms with Gasteiger partial charge in [-0.2, -0.15) is 0 Å². The molecule has 1 aliphatic carbocycles. The number of halogens is 2. The molecule has 1 unspecified atom stereocenters. The molecule has 1 aromatic heterocycles. The van der Waals surface area contributed by atoms with Gasteiger partial charge in [0, 0.05) is 10.9 Å². The lowest BCUT2D eigenvalue weighted by Gasteiger charge is -2.23. The Hall–Kier alpha value is -0.0600. The van der Waals surface area contributed by atoms with Crippen molar-refractivity contribution in [3.63, 3.8) is 0 Å². The highest BCUT2D eigenvalue weighted by atomic mass is 79.9. The number of nitrogens with one attached hydrogen (secondary N) is 1. The van der Waals surface area contributed by atoms with Gasteiger partial charge in [0.1, 0.15) is 5.38 Å². The van der Waals surface area contributed by atoms with Gasteiger partial charge in [-0.05, 0) is 40.9 Å². The van der Waals surface area contributed by atoms with E-state index in [1.165, 1.54) is 30.6 Å². The Labute approximate surface area is 119 Å². The number of thiophene rings is 1. The number of amides is 1. The van der Waals surface area contributed by atoms with Gasteiger partial charge in [0.05, 0.1) is 3.79 Å². The molecule has 1 atom stereocenters. The second-order valence-corrected chi connectivity index (χ2v) is 7.28. The van der Waals surface area contributed by atoms with Crippen LogP contribution in [0.2, 0.25) is 0 Å². The third kappa shape index (κ3) is 3.70. The summed E-state index contributed by atoms with van der Waals surface area (Å²) in [5.74, 6) is -0.0621. The Morgan fingerprint density at radius 2 is 2.12 bits per heavy atom. The topological polar surface area (TPSA) is 29.1 Å². The third-order valence-electron chi connectivity index (χ3n) is 3.03. The van der Waals surface area contributed by atoms with E-state index in [4.69, 9.17) is 11.6 Å². The van der Waals surface area contributed by atoms with Crippen molar-refractivity contribution in [3.8, 4) is 0 Å². The first-order chi connectivity index (χ1) is 8.16. The summed E-state index contributed by atoms with van der Waals surface area (Å²) in [6, 6.07) is 4.14. The largest absolute Gasteiger partial charge is 0.352 e. The van der Waals surface area contributed by atoms with Gasteiger partial charge in [-0.3, -0.25) is 4.79 Å². The molecule has 1 saturated carbocycles. The second-order valence-electron chi connectivity index (χ2n) is 4.35. The maximum absolute atomic E-state index is 12.0. The molecule has 2 nitrogen and oxygen atoms in total. The van der Waals surface area contributed by atoms with Gasteiger partial charge in [0.25, 0.3) is 0 Å². The van der Waals surface area contributed by atoms with Crippen molar-refractivity contribution in [2.75, 3.05) is 0 Å². The van der Waals surface area contributed by atoms with E-state index < -0.39 is 5.38 Å². The molecule has 5 heteroatoms. The molecule has 1 fully saturated rings. The Kier molecular flexibility index (Phi) is 4.88. The average Bonchev–Trinajstić information content (AvgIpc) is 2.76. The molecule has 0 aromatic carbocycles. The molecule has 0 spiro atoms. The second kappa shape index (κ2) is 6.21. The molecular formula is C12H15BrClNOS. The fourth-order valence-electron chi connectivity index (χ4n) is 2.11. The molecule has 1 amide bonds. The van der Waals surface area contributed by atoms with E-state index in [2.05, 4.69) is 21.2 Å². The molecule has 17 heavy (non-hydrogen) atoms. The molecule has 1 heterocycles. The van der Waals surface area contributed by atoms with Crippen LogP contribution in [-0.2, 0) is 4.79 Å². The van der Waals surface area contributed by atoms with E-state index in [1.807, 2.05) is 12.1 Å². The molecule has 0 aliphatic heterocycles. The van der Waals surface area contributed by atoms with Crippen LogP contribution in [0.4, 0.5) is 0 Å². The molecular weight excluding hydrogens is 322 g/mol. The lowest BCUT2D eigenvalue weighted by Crippen LogP contribution is -2.37. The van der Waals surface area contributed by atoms with Crippen LogP contribution in [-0.4, -0.2) is 11.9 Å². The molecule has 94 valence electrons. The van der Waals surface area contributed by atoms with Crippen molar-refractivity contribution in [2.24, 2.45) is 0 Å². The van der Waals surface area contributed by atoms with Crippen molar-refractivity contribution in [2.45, 2.75) is 43.5 Å². The molecule has 1 aromatic rings. The lowest BCUT2D eigenvalue weighted by atomic mass is 9.95. The summed E-state index contributed by atoms with van der Waals surface area (Å²) in [6.07, 6.45) is 5.88. The maximum Gasteiger partial charge on any atom is 0.243 e. The van der Waals surface area contributed by atoms with Crippen molar-refractivity contribution in [1.82, 2.24) is 5.32 Å². The predicted octanol–water partition coefficient (Wildman–Crippen LogP) is 4.24. The van der Waals surface area contributed by atoms with Gasteiger partial charge in [0.15, 0.2) is 0 Å². The SMILES string of the molecule is O=C(NC1CCCCC1)C(Cl)c1ccc(Br)s1. The van der Waals surface area contributed by atoms with E-state index in [0.29, 0.717) is 6.04 Å². The average molecular weight is 337 g/mol. The molecule has 1 N–H and O–H groups in total. The van der Waals surface area contributed by atoms with Crippen molar-refractivity contribution in [1.29, 1.82) is 0 Å². The number of hydrogen-bond acceptors (Lipinski definition) is 2. The van der Waals surface area contributed by atoms with Gasteiger partial charge in [-0.1, -0.05) is 19.3 Å². The fraction of sp³-hybridized carbons (Fsp3) is 0.583. The van der Waals surface area contributed by atoms with Gasteiger partial charge < -0.3 is 5.32 Å². The van der Waals surface area contributed by atoms with Gasteiger partial charge >= 0.3 is 0 Å². The van der Waals surface area contributed by atoms with E-state index in [0.717, 1.165) is 21.5 Å². The zero-order chi connectivity index (χ0) is 12.3. The van der Waals surface area contributed by atoms with Crippen LogP contribution in [0.1, 0.15) is 42.4 Å². The lowest BCUT2D eigenvalue weighted by molar-refractivity contribution is -0.121. The van der Waals surface area contributed by atoms with E-state index in [-0.39, 0.29) is 5.91 Å². The summed E-state index contributed by atoms with van der Waals surface area (Å²) in [5, 5.41) is 2.49. The number of alkyl halides is 1. The predicted molar refractivity (Wildman–Crippen MR) is 75.6 cm³/mol. The molecule has 1 aliphatic rings. The van der Waals surface area contributed by atoms with Crippen LogP contribution >= 0.6 is 38.9 Å². The Balaban J connectivity index is 1.90. The summed E-state index contributed by atoms with van der Waals surface area (Å²) < 4.78 is 1.00. The minimum absolute atomic E-state index is 0.0621. The van der Waals surface area contributed by atoms with Crippen LogP contribution in [0.15, 0.2) is 15.9 Å². The minimum Gasteiger partial charge on any atom is -0.352 e. The van der Waals surface area contributed by atoms with E-state index >= 15 is 0 Å². The Morgan fingerprint density at radius 1 is 1.41 bits per heavy atom. The van der Waals surface area contributed by atoms with Gasteiger partial charge in [0.2, 0.25) is 5.91 Å². The molecule has 2 rings (SSSR count). The van der Waals surface area contributed by atoms with Crippen LogP contribution in [0.5, 0.6) is 0 Å². The highest BCUT2D eigenvalue weighted by molar-refractivity contribution is 9.11. The Bertz CT molecular complexity index is 390. The van der Waals surface area contributed by atoms with Crippen LogP contribution < -0.4 is 5.32 Å². The smallest absolute Gasteiger partial charge is 0.243 e. The summed E-state index contributed by atoms with van der Waals surface area (Å²) >= 11 is 11.1. The number of rotatable bonds is 3. The number of carbonyl (C=O) groups excluding carboxylic acids is 1. The summed E-state index contributed by atoms with van der Waals surface area (Å²) in [5.41, 5.74) is 0. The maximum atomic E-state index is 12.0. The Morgan fingerprint density at radius 3 is 2.71 bits per heavy atom. The first-order valence-corrected chi connectivity index (χ1v) is 7.91. The molecule has 0 radical (unpaired) electrons. The monoisotopic (exact) mass is 335 g/mol. The third-order valence-corrected chi connectivity index (χ3v) is 5.28. The minimum atomic E-state index is -0.562. The normalized spacial score (nSPS) is 18.9. The van der Waals surface area contributed by atoms with Gasteiger partial charge in [-0.25, -0.2) is 0 Å². The van der Waals surface area contributed by atoms with Crippen LogP contribution in [0.3, 0.4) is 0 Å².